The van der Waals surface area contributed by atoms with Crippen molar-refractivity contribution >= 4 is 17.8 Å². The Labute approximate surface area is 146 Å². The Balaban J connectivity index is 1.80. The third kappa shape index (κ3) is 3.63. The van der Waals surface area contributed by atoms with Crippen LogP contribution in [0.25, 0.3) is 6.08 Å². The van der Waals surface area contributed by atoms with Gasteiger partial charge in [0, 0.05) is 11.1 Å². The van der Waals surface area contributed by atoms with E-state index in [1.54, 1.807) is 24.3 Å². The molecule has 0 saturated carbocycles. The van der Waals surface area contributed by atoms with Gasteiger partial charge in [-0.1, -0.05) is 32.1 Å². The first kappa shape index (κ1) is 17.0. The van der Waals surface area contributed by atoms with Crippen LogP contribution in [0, 0.1) is 0 Å². The van der Waals surface area contributed by atoms with Crippen LogP contribution in [0.4, 0.5) is 0 Å². The first-order valence-corrected chi connectivity index (χ1v) is 8.20. The number of carboxylic acid groups (broad SMARTS) is 1. The highest BCUT2D eigenvalue weighted by Gasteiger charge is 2.29. The highest BCUT2D eigenvalue weighted by molar-refractivity contribution is 6.07. The quantitative estimate of drug-likeness (QED) is 0.666. The van der Waals surface area contributed by atoms with Gasteiger partial charge in [-0.25, -0.2) is 4.79 Å². The predicted octanol–water partition coefficient (Wildman–Crippen LogP) is 4.34. The van der Waals surface area contributed by atoms with Crippen LogP contribution in [-0.2, 0) is 5.41 Å². The summed E-state index contributed by atoms with van der Waals surface area (Å²) in [5.74, 6) is -0.210. The van der Waals surface area contributed by atoms with Crippen molar-refractivity contribution in [2.45, 2.75) is 25.7 Å². The van der Waals surface area contributed by atoms with Crippen LogP contribution in [0.2, 0.25) is 0 Å². The van der Waals surface area contributed by atoms with Crippen LogP contribution >= 0.6 is 0 Å². The zero-order valence-electron chi connectivity index (χ0n) is 14.3. The fourth-order valence-corrected chi connectivity index (χ4v) is 2.89. The maximum atomic E-state index is 12.5. The molecule has 1 aliphatic rings. The van der Waals surface area contributed by atoms with Crippen molar-refractivity contribution in [3.05, 3.63) is 70.8 Å². The number of rotatable bonds is 4. The molecule has 0 atom stereocenters. The SMILES string of the molecule is CC1(C)CCOc2ccc(C(=O)C=Cc3ccc(C(=O)O)cc3)cc21. The van der Waals surface area contributed by atoms with Crippen LogP contribution in [0.3, 0.4) is 0 Å². The average molecular weight is 336 g/mol. The Morgan fingerprint density at radius 1 is 1.08 bits per heavy atom. The summed E-state index contributed by atoms with van der Waals surface area (Å²) in [6.07, 6.45) is 4.12. The van der Waals surface area contributed by atoms with E-state index in [0.717, 1.165) is 23.3 Å². The molecule has 1 N–H and O–H groups in total. The first-order chi connectivity index (χ1) is 11.9. The van der Waals surface area contributed by atoms with Gasteiger partial charge in [-0.2, -0.15) is 0 Å². The number of fused-ring (bicyclic) bond motifs is 1. The van der Waals surface area contributed by atoms with E-state index in [4.69, 9.17) is 9.84 Å². The molecule has 0 bridgehead atoms. The van der Waals surface area contributed by atoms with E-state index in [2.05, 4.69) is 13.8 Å². The number of aromatic carboxylic acids is 1. The maximum Gasteiger partial charge on any atom is 0.335 e. The van der Waals surface area contributed by atoms with Gasteiger partial charge >= 0.3 is 5.97 Å². The number of ketones is 1. The number of ether oxygens (including phenoxy) is 1. The van der Waals surface area contributed by atoms with E-state index in [1.807, 2.05) is 12.1 Å². The van der Waals surface area contributed by atoms with Crippen LogP contribution in [-0.4, -0.2) is 23.5 Å². The number of hydrogen-bond acceptors (Lipinski definition) is 3. The second kappa shape index (κ2) is 6.55. The topological polar surface area (TPSA) is 63.6 Å². The molecule has 128 valence electrons. The van der Waals surface area contributed by atoms with Gasteiger partial charge in [0.1, 0.15) is 5.75 Å². The summed E-state index contributed by atoms with van der Waals surface area (Å²) in [4.78, 5) is 23.3. The summed E-state index contributed by atoms with van der Waals surface area (Å²) >= 11 is 0. The number of allylic oxidation sites excluding steroid dienone is 1. The first-order valence-electron chi connectivity index (χ1n) is 8.20. The van der Waals surface area contributed by atoms with Crippen LogP contribution in [0.5, 0.6) is 5.75 Å². The molecule has 0 radical (unpaired) electrons. The number of carbonyl (C=O) groups is 2. The molecule has 0 aliphatic carbocycles. The summed E-state index contributed by atoms with van der Waals surface area (Å²) < 4.78 is 5.68. The summed E-state index contributed by atoms with van der Waals surface area (Å²) in [6.45, 7) is 5.00. The smallest absolute Gasteiger partial charge is 0.335 e. The lowest BCUT2D eigenvalue weighted by atomic mass is 9.79. The molecule has 1 aliphatic heterocycles. The van der Waals surface area contributed by atoms with E-state index < -0.39 is 5.97 Å². The van der Waals surface area contributed by atoms with E-state index in [0.29, 0.717) is 12.2 Å². The second-order valence-corrected chi connectivity index (χ2v) is 6.82. The standard InChI is InChI=1S/C21H20O4/c1-21(2)11-12-25-19-10-8-16(13-17(19)21)18(22)9-5-14-3-6-15(7-4-14)20(23)24/h3-10,13H,11-12H2,1-2H3,(H,23,24). The zero-order valence-corrected chi connectivity index (χ0v) is 14.3. The van der Waals surface area contributed by atoms with Crippen molar-refractivity contribution in [2.24, 2.45) is 0 Å². The Hall–Kier alpha value is -2.88. The minimum absolute atomic E-state index is 0.0136. The van der Waals surface area contributed by atoms with Gasteiger partial charge in [0.15, 0.2) is 5.78 Å². The molecular weight excluding hydrogens is 316 g/mol. The predicted molar refractivity (Wildman–Crippen MR) is 96.3 cm³/mol. The lowest BCUT2D eigenvalue weighted by molar-refractivity contribution is 0.0696. The van der Waals surface area contributed by atoms with Crippen molar-refractivity contribution in [2.75, 3.05) is 6.61 Å². The molecule has 0 saturated heterocycles. The minimum atomic E-state index is -0.967. The molecule has 25 heavy (non-hydrogen) atoms. The number of carboxylic acids is 1. The van der Waals surface area contributed by atoms with Gasteiger partial charge in [-0.05, 0) is 53.8 Å². The van der Waals surface area contributed by atoms with Crippen molar-refractivity contribution in [1.29, 1.82) is 0 Å². The van der Waals surface area contributed by atoms with Crippen molar-refractivity contribution in [3.63, 3.8) is 0 Å². The molecule has 1 heterocycles. The normalized spacial score (nSPS) is 15.4. The zero-order chi connectivity index (χ0) is 18.0. The van der Waals surface area contributed by atoms with E-state index in [9.17, 15) is 9.59 Å². The molecule has 4 heteroatoms. The Morgan fingerprint density at radius 3 is 2.44 bits per heavy atom. The summed E-state index contributed by atoms with van der Waals surface area (Å²) in [6, 6.07) is 11.9. The molecule has 0 fully saturated rings. The van der Waals surface area contributed by atoms with Crippen molar-refractivity contribution < 1.29 is 19.4 Å². The second-order valence-electron chi connectivity index (χ2n) is 6.82. The monoisotopic (exact) mass is 336 g/mol. The van der Waals surface area contributed by atoms with E-state index in [-0.39, 0.29) is 16.8 Å². The lowest BCUT2D eigenvalue weighted by Crippen LogP contribution is -2.26. The molecule has 0 aromatic heterocycles. The Kier molecular flexibility index (Phi) is 4.45. The minimum Gasteiger partial charge on any atom is -0.493 e. The van der Waals surface area contributed by atoms with Gasteiger partial charge in [0.25, 0.3) is 0 Å². The largest absolute Gasteiger partial charge is 0.493 e. The van der Waals surface area contributed by atoms with Gasteiger partial charge < -0.3 is 9.84 Å². The van der Waals surface area contributed by atoms with Crippen LogP contribution in [0.1, 0.15) is 52.1 Å². The Morgan fingerprint density at radius 2 is 1.76 bits per heavy atom. The molecule has 0 spiro atoms. The highest BCUT2D eigenvalue weighted by Crippen LogP contribution is 2.38. The van der Waals surface area contributed by atoms with E-state index >= 15 is 0 Å². The van der Waals surface area contributed by atoms with Crippen molar-refractivity contribution in [1.82, 2.24) is 0 Å². The number of benzene rings is 2. The molecular formula is C21H20O4. The molecule has 0 unspecified atom stereocenters. The molecule has 4 nitrogen and oxygen atoms in total. The third-order valence-corrected chi connectivity index (χ3v) is 4.56. The van der Waals surface area contributed by atoms with Crippen molar-refractivity contribution in [3.8, 4) is 5.75 Å². The van der Waals surface area contributed by atoms with Crippen LogP contribution < -0.4 is 4.74 Å². The number of carbonyl (C=O) groups excluding carboxylic acids is 1. The van der Waals surface area contributed by atoms with Gasteiger partial charge in [-0.3, -0.25) is 4.79 Å². The lowest BCUT2D eigenvalue weighted by Gasteiger charge is -2.32. The number of hydrogen-bond donors (Lipinski definition) is 1. The summed E-state index contributed by atoms with van der Waals surface area (Å²) in [5.41, 5.74) is 2.67. The summed E-state index contributed by atoms with van der Waals surface area (Å²) in [7, 11) is 0. The average Bonchev–Trinajstić information content (AvgIpc) is 2.59. The van der Waals surface area contributed by atoms with Gasteiger partial charge in [-0.15, -0.1) is 0 Å². The Bertz CT molecular complexity index is 845. The summed E-state index contributed by atoms with van der Waals surface area (Å²) in [5, 5.41) is 8.90. The van der Waals surface area contributed by atoms with Crippen LogP contribution in [0.15, 0.2) is 48.5 Å². The highest BCUT2D eigenvalue weighted by atomic mass is 16.5. The van der Waals surface area contributed by atoms with Gasteiger partial charge in [0.05, 0.1) is 12.2 Å². The molecule has 2 aromatic carbocycles. The molecule has 0 amide bonds. The van der Waals surface area contributed by atoms with Gasteiger partial charge in [0.2, 0.25) is 0 Å². The maximum absolute atomic E-state index is 12.5. The fraction of sp³-hybridized carbons (Fsp3) is 0.238. The molecule has 2 aromatic rings. The third-order valence-electron chi connectivity index (χ3n) is 4.56. The molecule has 3 rings (SSSR count). The van der Waals surface area contributed by atoms with E-state index in [1.165, 1.54) is 18.2 Å². The fourth-order valence-electron chi connectivity index (χ4n) is 2.89.